The molecule has 2 aromatic heterocycles. The predicted octanol–water partition coefficient (Wildman–Crippen LogP) is 9.49. The van der Waals surface area contributed by atoms with Crippen LogP contribution in [0.5, 0.6) is 0 Å². The fraction of sp³-hybridized carbons (Fsp3) is 0.100. The lowest BCUT2D eigenvalue weighted by molar-refractivity contribution is -0.112. The molecule has 0 saturated carbocycles. The highest BCUT2D eigenvalue weighted by atomic mass is 35.5. The summed E-state index contributed by atoms with van der Waals surface area (Å²) in [5.41, 5.74) is 7.82. The number of carbonyl (C=O) groups is 2. The Morgan fingerprint density at radius 2 is 1.00 bits per heavy atom. The van der Waals surface area contributed by atoms with Gasteiger partial charge < -0.3 is 10.6 Å². The number of hydrogen-bond donors (Lipinski definition) is 2. The second-order valence-electron chi connectivity index (χ2n) is 12.0. The van der Waals surface area contributed by atoms with Gasteiger partial charge in [-0.15, -0.1) is 9.05 Å². The average molecular weight is 781 g/mol. The van der Waals surface area contributed by atoms with Crippen molar-refractivity contribution in [2.24, 2.45) is 14.1 Å². The molecule has 6 aromatic rings. The SMILES string of the molecule is Cn1ncc(/C=C/C(=O)Nc2ccc(CO[P+](=O)OCc3ccc(NC(=O)/C=C/c4cnn(C)c4-c4ccc(Cl)cc4)cc3)cc2)c1-c1ccc(Cl)cc1. The zero-order chi connectivity index (χ0) is 38.0. The number of carbonyl (C=O) groups excluding carboxylic acids is 2. The molecular weight excluding hydrogens is 746 g/mol. The van der Waals surface area contributed by atoms with Crippen LogP contribution in [0.1, 0.15) is 22.3 Å². The second kappa shape index (κ2) is 17.9. The van der Waals surface area contributed by atoms with Crippen LogP contribution < -0.4 is 10.6 Å². The number of amides is 2. The first-order chi connectivity index (χ1) is 26.1. The molecule has 0 atom stereocenters. The zero-order valence-corrected chi connectivity index (χ0v) is 31.6. The monoisotopic (exact) mass is 779 g/mol. The van der Waals surface area contributed by atoms with Gasteiger partial charge in [0.05, 0.1) is 23.8 Å². The number of benzene rings is 4. The summed E-state index contributed by atoms with van der Waals surface area (Å²) in [5.74, 6) is -0.613. The van der Waals surface area contributed by atoms with Crippen molar-refractivity contribution in [3.63, 3.8) is 0 Å². The number of aryl methyl sites for hydroxylation is 2. The third-order valence-electron chi connectivity index (χ3n) is 8.11. The molecule has 6 rings (SSSR count). The Hall–Kier alpha value is -5.68. The quantitative estimate of drug-likeness (QED) is 0.0832. The summed E-state index contributed by atoms with van der Waals surface area (Å²) < 4.78 is 26.7. The van der Waals surface area contributed by atoms with Crippen LogP contribution in [0.3, 0.4) is 0 Å². The highest BCUT2D eigenvalue weighted by Gasteiger charge is 2.21. The van der Waals surface area contributed by atoms with Gasteiger partial charge in [0, 0.05) is 74.5 Å². The maximum atomic E-state index is 12.6. The van der Waals surface area contributed by atoms with Crippen LogP contribution in [0.2, 0.25) is 10.0 Å². The van der Waals surface area contributed by atoms with Crippen LogP contribution in [0.4, 0.5) is 11.4 Å². The molecule has 11 nitrogen and oxygen atoms in total. The van der Waals surface area contributed by atoms with Gasteiger partial charge in [-0.2, -0.15) is 10.2 Å². The molecule has 272 valence electrons. The van der Waals surface area contributed by atoms with Crippen molar-refractivity contribution in [1.29, 1.82) is 0 Å². The van der Waals surface area contributed by atoms with E-state index in [9.17, 15) is 14.2 Å². The summed E-state index contributed by atoms with van der Waals surface area (Å²) in [6.45, 7) is 0.104. The third kappa shape index (κ3) is 10.3. The molecule has 0 aliphatic heterocycles. The number of nitrogens with zero attached hydrogens (tertiary/aromatic N) is 4. The molecular formula is C40H34Cl2N6O5P+. The summed E-state index contributed by atoms with van der Waals surface area (Å²) >= 11 is 12.1. The number of hydrogen-bond acceptors (Lipinski definition) is 7. The van der Waals surface area contributed by atoms with Crippen LogP contribution in [0.15, 0.2) is 122 Å². The molecule has 0 aliphatic rings. The topological polar surface area (TPSA) is 129 Å². The molecule has 14 heteroatoms. The maximum absolute atomic E-state index is 12.6. The first-order valence-corrected chi connectivity index (χ1v) is 18.4. The summed E-state index contributed by atoms with van der Waals surface area (Å²) in [5, 5.41) is 15.6. The Bertz CT molecular complexity index is 2160. The van der Waals surface area contributed by atoms with E-state index in [0.717, 1.165) is 44.8 Å². The summed E-state index contributed by atoms with van der Waals surface area (Å²) in [6, 6.07) is 28.8. The Morgan fingerprint density at radius 1 is 0.630 bits per heavy atom. The largest absolute Gasteiger partial charge is 0.698 e. The van der Waals surface area contributed by atoms with Gasteiger partial charge in [-0.25, -0.2) is 0 Å². The fourth-order valence-corrected chi connectivity index (χ4v) is 6.27. The van der Waals surface area contributed by atoms with Crippen LogP contribution >= 0.6 is 31.5 Å². The lowest BCUT2D eigenvalue weighted by Gasteiger charge is -2.05. The summed E-state index contributed by atoms with van der Waals surface area (Å²) in [7, 11) is 1.27. The molecule has 0 saturated heterocycles. The van der Waals surface area contributed by atoms with E-state index in [4.69, 9.17) is 32.2 Å². The van der Waals surface area contributed by atoms with Crippen LogP contribution in [0, 0.1) is 0 Å². The van der Waals surface area contributed by atoms with E-state index in [2.05, 4.69) is 20.8 Å². The summed E-state index contributed by atoms with van der Waals surface area (Å²) in [6.07, 6.45) is 9.69. The molecule has 0 unspecified atom stereocenters. The van der Waals surface area contributed by atoms with Gasteiger partial charge in [0.25, 0.3) is 0 Å². The highest BCUT2D eigenvalue weighted by molar-refractivity contribution is 7.33. The molecule has 0 aliphatic carbocycles. The maximum Gasteiger partial charge on any atom is 0.698 e. The Labute approximate surface area is 322 Å². The van der Waals surface area contributed by atoms with Crippen LogP contribution in [0.25, 0.3) is 34.7 Å². The van der Waals surface area contributed by atoms with Gasteiger partial charge in [-0.1, -0.05) is 71.7 Å². The van der Waals surface area contributed by atoms with Crippen molar-refractivity contribution >= 4 is 66.8 Å². The lowest BCUT2D eigenvalue weighted by Crippen LogP contribution is -2.07. The number of halogens is 2. The molecule has 2 amide bonds. The molecule has 0 spiro atoms. The van der Waals surface area contributed by atoms with Gasteiger partial charge in [0.2, 0.25) is 11.8 Å². The fourth-order valence-electron chi connectivity index (χ4n) is 5.43. The van der Waals surface area contributed by atoms with Crippen molar-refractivity contribution in [2.45, 2.75) is 13.2 Å². The number of nitrogens with one attached hydrogen (secondary N) is 2. The first kappa shape index (κ1) is 38.1. The molecule has 54 heavy (non-hydrogen) atoms. The molecule has 0 bridgehead atoms. The average Bonchev–Trinajstić information content (AvgIpc) is 3.74. The van der Waals surface area contributed by atoms with E-state index in [1.54, 1.807) is 107 Å². The van der Waals surface area contributed by atoms with Gasteiger partial charge in [0.15, 0.2) is 0 Å². The highest BCUT2D eigenvalue weighted by Crippen LogP contribution is 2.29. The molecule has 2 N–H and O–H groups in total. The predicted molar refractivity (Wildman–Crippen MR) is 213 cm³/mol. The first-order valence-electron chi connectivity index (χ1n) is 16.6. The minimum atomic E-state index is -2.40. The minimum Gasteiger partial charge on any atom is -0.323 e. The minimum absolute atomic E-state index is 0.0521. The van der Waals surface area contributed by atoms with E-state index in [1.807, 2.05) is 38.4 Å². The van der Waals surface area contributed by atoms with E-state index in [-0.39, 0.29) is 25.0 Å². The molecule has 2 heterocycles. The normalized spacial score (nSPS) is 11.3. The van der Waals surface area contributed by atoms with Crippen molar-refractivity contribution in [3.05, 3.63) is 154 Å². The Morgan fingerprint density at radius 3 is 1.37 bits per heavy atom. The van der Waals surface area contributed by atoms with Crippen LogP contribution in [-0.2, 0) is 50.5 Å². The van der Waals surface area contributed by atoms with Crippen molar-refractivity contribution in [1.82, 2.24) is 19.6 Å². The van der Waals surface area contributed by atoms with Gasteiger partial charge >= 0.3 is 8.25 Å². The van der Waals surface area contributed by atoms with Gasteiger partial charge in [-0.05, 0) is 71.8 Å². The van der Waals surface area contributed by atoms with E-state index in [0.29, 0.717) is 21.4 Å². The van der Waals surface area contributed by atoms with Gasteiger partial charge in [-0.3, -0.25) is 19.0 Å². The molecule has 0 fully saturated rings. The van der Waals surface area contributed by atoms with E-state index in [1.165, 1.54) is 12.2 Å². The number of aromatic nitrogens is 4. The van der Waals surface area contributed by atoms with Crippen molar-refractivity contribution in [2.75, 3.05) is 10.6 Å². The van der Waals surface area contributed by atoms with Crippen molar-refractivity contribution < 1.29 is 23.2 Å². The smallest absolute Gasteiger partial charge is 0.323 e. The zero-order valence-electron chi connectivity index (χ0n) is 29.1. The van der Waals surface area contributed by atoms with E-state index < -0.39 is 8.25 Å². The number of rotatable bonds is 14. The Balaban J connectivity index is 0.922. The standard InChI is InChI=1S/C40H33Cl2N6O5P/c1-47-39(29-7-13-33(41)14-8-29)31(23-43-47)11-21-37(49)45-35-17-3-27(4-18-35)25-52-54(51)53-26-28-5-19-36(20-6-28)46-38(50)22-12-32-24-44-48(2)40(32)30-9-15-34(42)16-10-30/h3-24H,25-26H2,1-2H3,(H-,45,46,49,50)/p+1/b21-11+,22-12+. The van der Waals surface area contributed by atoms with E-state index >= 15 is 0 Å². The second-order valence-corrected chi connectivity index (χ2v) is 13.8. The number of anilines is 2. The van der Waals surface area contributed by atoms with Crippen LogP contribution in [-0.4, -0.2) is 31.4 Å². The van der Waals surface area contributed by atoms with Gasteiger partial charge in [0.1, 0.15) is 13.2 Å². The Kier molecular flexibility index (Phi) is 12.6. The third-order valence-corrected chi connectivity index (χ3v) is 9.30. The lowest BCUT2D eigenvalue weighted by atomic mass is 10.1. The molecule has 4 aromatic carbocycles. The summed E-state index contributed by atoms with van der Waals surface area (Å²) in [4.78, 5) is 25.3. The molecule has 0 radical (unpaired) electrons. The van der Waals surface area contributed by atoms with Crippen molar-refractivity contribution in [3.8, 4) is 22.5 Å².